The Labute approximate surface area is 84.4 Å². The number of hydrogen-bond acceptors (Lipinski definition) is 3. The lowest BCUT2D eigenvalue weighted by molar-refractivity contribution is 0.291. The van der Waals surface area contributed by atoms with E-state index in [0.717, 1.165) is 11.3 Å². The third-order valence-electron chi connectivity index (χ3n) is 3.77. The van der Waals surface area contributed by atoms with E-state index in [4.69, 9.17) is 0 Å². The Morgan fingerprint density at radius 3 is 3.15 bits per heavy atom. The summed E-state index contributed by atoms with van der Waals surface area (Å²) < 4.78 is 0. The number of hydrogen-bond donors (Lipinski definition) is 1. The summed E-state index contributed by atoms with van der Waals surface area (Å²) in [4.78, 5) is 3.15. The van der Waals surface area contributed by atoms with Crippen LogP contribution in [0.15, 0.2) is 0 Å². The molecule has 13 heavy (non-hydrogen) atoms. The van der Waals surface area contributed by atoms with Crippen LogP contribution in [0.2, 0.25) is 0 Å². The summed E-state index contributed by atoms with van der Waals surface area (Å²) in [5, 5.41) is 4.59. The lowest BCUT2D eigenvalue weighted by atomic mass is 10.1. The zero-order chi connectivity index (χ0) is 8.89. The minimum Gasteiger partial charge on any atom is -0.300 e. The van der Waals surface area contributed by atoms with Gasteiger partial charge in [-0.05, 0) is 25.8 Å². The first-order chi connectivity index (χ1) is 6.30. The summed E-state index contributed by atoms with van der Waals surface area (Å²) in [6, 6.07) is 0.849. The molecule has 0 saturated carbocycles. The largest absolute Gasteiger partial charge is 0.300 e. The van der Waals surface area contributed by atoms with Crippen LogP contribution in [0.1, 0.15) is 26.2 Å². The highest BCUT2D eigenvalue weighted by Gasteiger charge is 2.52. The highest BCUT2D eigenvalue weighted by molar-refractivity contribution is 8.01. The van der Waals surface area contributed by atoms with Gasteiger partial charge in [0.1, 0.15) is 0 Å². The Kier molecular flexibility index (Phi) is 1.90. The van der Waals surface area contributed by atoms with Crippen LogP contribution in [0.5, 0.6) is 0 Å². The predicted octanol–water partition coefficient (Wildman–Crippen LogP) is 1.28. The van der Waals surface area contributed by atoms with E-state index in [9.17, 15) is 0 Å². The molecule has 3 aliphatic heterocycles. The Morgan fingerprint density at radius 1 is 1.46 bits per heavy atom. The van der Waals surface area contributed by atoms with E-state index in [1.807, 2.05) is 0 Å². The first kappa shape index (κ1) is 8.57. The van der Waals surface area contributed by atoms with Crippen LogP contribution >= 0.6 is 11.8 Å². The normalized spacial score (nSPS) is 50.5. The van der Waals surface area contributed by atoms with Crippen molar-refractivity contribution >= 4 is 11.8 Å². The average molecular weight is 198 g/mol. The second-order valence-corrected chi connectivity index (χ2v) is 6.41. The summed E-state index contributed by atoms with van der Waals surface area (Å²) in [5.74, 6) is 0. The first-order valence-corrected chi connectivity index (χ1v) is 6.35. The SMILES string of the molecule is CC1CNC2(CCN3CCCC32)S1. The molecule has 0 radical (unpaired) electrons. The maximum atomic E-state index is 3.77. The molecule has 3 saturated heterocycles. The van der Waals surface area contributed by atoms with Gasteiger partial charge in [0, 0.05) is 24.4 Å². The zero-order valence-electron chi connectivity index (χ0n) is 8.25. The van der Waals surface area contributed by atoms with Gasteiger partial charge in [0.05, 0.1) is 4.87 Å². The molecule has 3 fully saturated rings. The third kappa shape index (κ3) is 1.17. The van der Waals surface area contributed by atoms with Crippen molar-refractivity contribution in [1.29, 1.82) is 0 Å². The van der Waals surface area contributed by atoms with Crippen LogP contribution in [0.4, 0.5) is 0 Å². The molecule has 1 N–H and O–H groups in total. The minimum atomic E-state index is 0.454. The van der Waals surface area contributed by atoms with Gasteiger partial charge < -0.3 is 5.32 Å². The Balaban J connectivity index is 1.83. The number of fused-ring (bicyclic) bond motifs is 2. The number of rotatable bonds is 0. The minimum absolute atomic E-state index is 0.454. The fraction of sp³-hybridized carbons (Fsp3) is 1.00. The van der Waals surface area contributed by atoms with E-state index in [-0.39, 0.29) is 0 Å². The quantitative estimate of drug-likeness (QED) is 0.631. The summed E-state index contributed by atoms with van der Waals surface area (Å²) in [5.41, 5.74) is 0. The van der Waals surface area contributed by atoms with E-state index in [0.29, 0.717) is 4.87 Å². The molecule has 0 aliphatic carbocycles. The van der Waals surface area contributed by atoms with Gasteiger partial charge >= 0.3 is 0 Å². The molecular formula is C10H18N2S. The molecule has 0 aromatic carbocycles. The highest BCUT2D eigenvalue weighted by Crippen LogP contribution is 2.47. The second-order valence-electron chi connectivity index (χ2n) is 4.64. The topological polar surface area (TPSA) is 15.3 Å². The van der Waals surface area contributed by atoms with Gasteiger partial charge in [0.15, 0.2) is 0 Å². The van der Waals surface area contributed by atoms with Crippen LogP contribution < -0.4 is 5.32 Å². The van der Waals surface area contributed by atoms with Gasteiger partial charge in [-0.15, -0.1) is 11.8 Å². The van der Waals surface area contributed by atoms with Crippen LogP contribution in [0.25, 0.3) is 0 Å². The lowest BCUT2D eigenvalue weighted by Gasteiger charge is -2.30. The molecule has 74 valence electrons. The smallest absolute Gasteiger partial charge is 0.0818 e. The van der Waals surface area contributed by atoms with Gasteiger partial charge in [0.2, 0.25) is 0 Å². The van der Waals surface area contributed by atoms with Gasteiger partial charge in [-0.1, -0.05) is 6.92 Å². The lowest BCUT2D eigenvalue weighted by Crippen LogP contribution is -2.46. The zero-order valence-corrected chi connectivity index (χ0v) is 9.07. The number of nitrogens with one attached hydrogen (secondary N) is 1. The van der Waals surface area contributed by atoms with Crippen molar-refractivity contribution in [3.8, 4) is 0 Å². The Bertz CT molecular complexity index is 217. The fourth-order valence-corrected chi connectivity index (χ4v) is 4.89. The van der Waals surface area contributed by atoms with Gasteiger partial charge in [0.25, 0.3) is 0 Å². The van der Waals surface area contributed by atoms with Crippen molar-refractivity contribution in [2.45, 2.75) is 42.3 Å². The Morgan fingerprint density at radius 2 is 2.38 bits per heavy atom. The molecule has 0 bridgehead atoms. The molecule has 1 spiro atoms. The van der Waals surface area contributed by atoms with E-state index >= 15 is 0 Å². The maximum Gasteiger partial charge on any atom is 0.0818 e. The van der Waals surface area contributed by atoms with Crippen LogP contribution in [-0.2, 0) is 0 Å². The van der Waals surface area contributed by atoms with E-state index < -0.39 is 0 Å². The average Bonchev–Trinajstić information content (AvgIpc) is 2.72. The van der Waals surface area contributed by atoms with Crippen molar-refractivity contribution < 1.29 is 0 Å². The monoisotopic (exact) mass is 198 g/mol. The van der Waals surface area contributed by atoms with Crippen LogP contribution in [-0.4, -0.2) is 40.7 Å². The highest BCUT2D eigenvalue weighted by atomic mass is 32.2. The molecule has 3 unspecified atom stereocenters. The van der Waals surface area contributed by atoms with Gasteiger partial charge in [-0.25, -0.2) is 0 Å². The van der Waals surface area contributed by atoms with Crippen LogP contribution in [0.3, 0.4) is 0 Å². The molecule has 0 aromatic heterocycles. The summed E-state index contributed by atoms with van der Waals surface area (Å²) >= 11 is 2.20. The molecule has 3 rings (SSSR count). The standard InChI is InChI=1S/C10H18N2S/c1-8-7-11-10(13-8)4-6-12-5-2-3-9(10)12/h8-9,11H,2-7H2,1H3. The van der Waals surface area contributed by atoms with Gasteiger partial charge in [-0.2, -0.15) is 0 Å². The van der Waals surface area contributed by atoms with E-state index in [1.54, 1.807) is 0 Å². The third-order valence-corrected chi connectivity index (χ3v) is 5.38. The fourth-order valence-electron chi connectivity index (χ4n) is 3.20. The molecule has 2 nitrogen and oxygen atoms in total. The molecular weight excluding hydrogens is 180 g/mol. The molecule has 3 heteroatoms. The molecule has 3 atom stereocenters. The second kappa shape index (κ2) is 2.88. The molecule has 3 heterocycles. The van der Waals surface area contributed by atoms with Crippen molar-refractivity contribution in [3.05, 3.63) is 0 Å². The summed E-state index contributed by atoms with van der Waals surface area (Å²) in [7, 11) is 0. The van der Waals surface area contributed by atoms with Crippen LogP contribution in [0, 0.1) is 0 Å². The summed E-state index contributed by atoms with van der Waals surface area (Å²) in [6.07, 6.45) is 4.21. The maximum absolute atomic E-state index is 3.77. The van der Waals surface area contributed by atoms with Crippen molar-refractivity contribution in [1.82, 2.24) is 10.2 Å². The molecule has 0 aromatic rings. The predicted molar refractivity (Wildman–Crippen MR) is 57.0 cm³/mol. The molecule has 0 amide bonds. The first-order valence-electron chi connectivity index (χ1n) is 5.47. The van der Waals surface area contributed by atoms with Crippen molar-refractivity contribution in [2.75, 3.05) is 19.6 Å². The van der Waals surface area contributed by atoms with E-state index in [2.05, 4.69) is 28.9 Å². The molecule has 3 aliphatic rings. The van der Waals surface area contributed by atoms with Crippen molar-refractivity contribution in [3.63, 3.8) is 0 Å². The van der Waals surface area contributed by atoms with E-state index in [1.165, 1.54) is 38.9 Å². The number of nitrogens with zero attached hydrogens (tertiary/aromatic N) is 1. The Hall–Kier alpha value is 0.270. The summed E-state index contributed by atoms with van der Waals surface area (Å²) in [6.45, 7) is 6.25. The van der Waals surface area contributed by atoms with Gasteiger partial charge in [-0.3, -0.25) is 4.90 Å². The number of thioether (sulfide) groups is 1. The van der Waals surface area contributed by atoms with Crippen molar-refractivity contribution in [2.24, 2.45) is 0 Å².